The number of hydrogen-bond donors (Lipinski definition) is 2. The van der Waals surface area contributed by atoms with Gasteiger partial charge in [-0.2, -0.15) is 11.8 Å². The predicted octanol–water partition coefficient (Wildman–Crippen LogP) is 2.40. The number of carbonyl (C=O) groups is 1. The van der Waals surface area contributed by atoms with Gasteiger partial charge in [0.1, 0.15) is 0 Å². The van der Waals surface area contributed by atoms with E-state index in [9.17, 15) is 4.79 Å². The lowest BCUT2D eigenvalue weighted by atomic mass is 9.87. The average molecular weight is 272 g/mol. The van der Waals surface area contributed by atoms with Gasteiger partial charge >= 0.3 is 0 Å². The summed E-state index contributed by atoms with van der Waals surface area (Å²) in [6.45, 7) is 5.36. The number of hydrogen-bond acceptors (Lipinski definition) is 3. The Balaban J connectivity index is 2.49. The van der Waals surface area contributed by atoms with Crippen LogP contribution < -0.4 is 11.1 Å². The highest BCUT2D eigenvalue weighted by atomic mass is 32.2. The van der Waals surface area contributed by atoms with Crippen LogP contribution in [0, 0.1) is 11.8 Å². The van der Waals surface area contributed by atoms with Gasteiger partial charge in [-0.3, -0.25) is 4.79 Å². The maximum absolute atomic E-state index is 12.1. The number of amides is 1. The minimum Gasteiger partial charge on any atom is -0.354 e. The fraction of sp³-hybridized carbons (Fsp3) is 0.929. The SMILES string of the molecule is CSC1(CNC(=O)C(CN)C(C)C)CCCCC1. The van der Waals surface area contributed by atoms with E-state index in [1.165, 1.54) is 32.1 Å². The van der Waals surface area contributed by atoms with Gasteiger partial charge in [-0.25, -0.2) is 0 Å². The molecule has 0 aromatic rings. The molecule has 0 spiro atoms. The summed E-state index contributed by atoms with van der Waals surface area (Å²) in [5.41, 5.74) is 5.68. The molecule has 1 saturated carbocycles. The van der Waals surface area contributed by atoms with Crippen molar-refractivity contribution in [2.75, 3.05) is 19.3 Å². The summed E-state index contributed by atoms with van der Waals surface area (Å²) >= 11 is 1.92. The zero-order valence-electron chi connectivity index (χ0n) is 12.0. The Kier molecular flexibility index (Phi) is 6.50. The minimum absolute atomic E-state index is 0.0486. The summed E-state index contributed by atoms with van der Waals surface area (Å²) in [4.78, 5) is 12.1. The fourth-order valence-corrected chi connectivity index (χ4v) is 3.62. The molecule has 1 aliphatic carbocycles. The lowest BCUT2D eigenvalue weighted by Crippen LogP contribution is -2.46. The van der Waals surface area contributed by atoms with E-state index in [1.807, 2.05) is 11.8 Å². The van der Waals surface area contributed by atoms with Gasteiger partial charge in [0.2, 0.25) is 5.91 Å². The molecule has 1 atom stereocenters. The molecular formula is C14H28N2OS. The molecule has 106 valence electrons. The smallest absolute Gasteiger partial charge is 0.224 e. The lowest BCUT2D eigenvalue weighted by Gasteiger charge is -2.36. The molecule has 0 saturated heterocycles. The van der Waals surface area contributed by atoms with E-state index in [4.69, 9.17) is 5.73 Å². The molecule has 0 bridgehead atoms. The monoisotopic (exact) mass is 272 g/mol. The van der Waals surface area contributed by atoms with Gasteiger partial charge in [-0.1, -0.05) is 33.1 Å². The molecule has 1 amide bonds. The lowest BCUT2D eigenvalue weighted by molar-refractivity contribution is -0.126. The highest BCUT2D eigenvalue weighted by molar-refractivity contribution is 8.00. The third kappa shape index (κ3) is 4.16. The third-order valence-corrected chi connectivity index (χ3v) is 5.60. The van der Waals surface area contributed by atoms with Crippen molar-refractivity contribution in [3.8, 4) is 0 Å². The Hall–Kier alpha value is -0.220. The van der Waals surface area contributed by atoms with E-state index >= 15 is 0 Å². The number of nitrogens with two attached hydrogens (primary N) is 1. The van der Waals surface area contributed by atoms with Crippen LogP contribution in [-0.2, 0) is 4.79 Å². The molecule has 3 nitrogen and oxygen atoms in total. The van der Waals surface area contributed by atoms with Crippen LogP contribution in [0.15, 0.2) is 0 Å². The molecule has 1 aliphatic rings. The molecule has 4 heteroatoms. The highest BCUT2D eigenvalue weighted by Crippen LogP contribution is 2.38. The minimum atomic E-state index is -0.0486. The van der Waals surface area contributed by atoms with Crippen LogP contribution in [0.5, 0.6) is 0 Å². The summed E-state index contributed by atoms with van der Waals surface area (Å²) in [7, 11) is 0. The number of rotatable bonds is 6. The van der Waals surface area contributed by atoms with Gasteiger partial charge in [-0.05, 0) is 25.0 Å². The second-order valence-electron chi connectivity index (χ2n) is 5.75. The van der Waals surface area contributed by atoms with E-state index in [1.54, 1.807) is 0 Å². The van der Waals surface area contributed by atoms with Crippen LogP contribution in [0.25, 0.3) is 0 Å². The molecule has 1 fully saturated rings. The highest BCUT2D eigenvalue weighted by Gasteiger charge is 2.32. The maximum Gasteiger partial charge on any atom is 0.224 e. The van der Waals surface area contributed by atoms with E-state index < -0.39 is 0 Å². The van der Waals surface area contributed by atoms with E-state index in [-0.39, 0.29) is 16.6 Å². The molecule has 18 heavy (non-hydrogen) atoms. The van der Waals surface area contributed by atoms with Gasteiger partial charge in [0.25, 0.3) is 0 Å². The molecule has 3 N–H and O–H groups in total. The van der Waals surface area contributed by atoms with Crippen molar-refractivity contribution < 1.29 is 4.79 Å². The van der Waals surface area contributed by atoms with Crippen molar-refractivity contribution in [2.45, 2.75) is 50.7 Å². The van der Waals surface area contributed by atoms with Gasteiger partial charge in [0.15, 0.2) is 0 Å². The van der Waals surface area contributed by atoms with Crippen LogP contribution in [0.3, 0.4) is 0 Å². The normalized spacial score (nSPS) is 20.7. The molecule has 0 radical (unpaired) electrons. The van der Waals surface area contributed by atoms with Gasteiger partial charge in [-0.15, -0.1) is 0 Å². The summed E-state index contributed by atoms with van der Waals surface area (Å²) in [5, 5.41) is 3.14. The zero-order chi connectivity index (χ0) is 13.6. The first-order valence-corrected chi connectivity index (χ1v) is 8.30. The molecule has 0 heterocycles. The van der Waals surface area contributed by atoms with Crippen molar-refractivity contribution in [1.29, 1.82) is 0 Å². The van der Waals surface area contributed by atoms with Crippen LogP contribution in [0.4, 0.5) is 0 Å². The van der Waals surface area contributed by atoms with Gasteiger partial charge in [0.05, 0.1) is 5.92 Å². The Labute approximate surface area is 116 Å². The van der Waals surface area contributed by atoms with E-state index in [0.29, 0.717) is 12.5 Å². The Morgan fingerprint density at radius 3 is 2.39 bits per heavy atom. The summed E-state index contributed by atoms with van der Waals surface area (Å²) in [6, 6.07) is 0. The molecule has 0 aliphatic heterocycles. The zero-order valence-corrected chi connectivity index (χ0v) is 12.8. The van der Waals surface area contributed by atoms with Crippen molar-refractivity contribution in [1.82, 2.24) is 5.32 Å². The Bertz CT molecular complexity index is 263. The van der Waals surface area contributed by atoms with Gasteiger partial charge < -0.3 is 11.1 Å². The number of thioether (sulfide) groups is 1. The van der Waals surface area contributed by atoms with E-state index in [2.05, 4.69) is 25.4 Å². The van der Waals surface area contributed by atoms with Crippen molar-refractivity contribution in [3.63, 3.8) is 0 Å². The standard InChI is InChI=1S/C14H28N2OS/c1-11(2)12(9-15)13(17)16-10-14(18-3)7-5-4-6-8-14/h11-12H,4-10,15H2,1-3H3,(H,16,17). The maximum atomic E-state index is 12.1. The van der Waals surface area contributed by atoms with Gasteiger partial charge in [0, 0.05) is 17.8 Å². The molecule has 0 aromatic heterocycles. The quantitative estimate of drug-likeness (QED) is 0.780. The Morgan fingerprint density at radius 2 is 1.94 bits per heavy atom. The molecular weight excluding hydrogens is 244 g/mol. The second-order valence-corrected chi connectivity index (χ2v) is 7.03. The van der Waals surface area contributed by atoms with Crippen LogP contribution in [0.2, 0.25) is 0 Å². The number of nitrogens with one attached hydrogen (secondary N) is 1. The second kappa shape index (κ2) is 7.39. The van der Waals surface area contributed by atoms with E-state index in [0.717, 1.165) is 6.54 Å². The summed E-state index contributed by atoms with van der Waals surface area (Å²) < 4.78 is 0.268. The molecule has 1 rings (SSSR count). The molecule has 0 aromatic carbocycles. The predicted molar refractivity (Wildman–Crippen MR) is 79.7 cm³/mol. The number of carbonyl (C=O) groups excluding carboxylic acids is 1. The first-order chi connectivity index (χ1) is 8.54. The molecule has 1 unspecified atom stereocenters. The first-order valence-electron chi connectivity index (χ1n) is 7.07. The van der Waals surface area contributed by atoms with Crippen LogP contribution >= 0.6 is 11.8 Å². The summed E-state index contributed by atoms with van der Waals surface area (Å²) in [5.74, 6) is 0.394. The van der Waals surface area contributed by atoms with Crippen LogP contribution in [0.1, 0.15) is 46.0 Å². The average Bonchev–Trinajstić information content (AvgIpc) is 2.38. The third-order valence-electron chi connectivity index (χ3n) is 4.18. The first kappa shape index (κ1) is 15.8. The fourth-order valence-electron chi connectivity index (χ4n) is 2.71. The van der Waals surface area contributed by atoms with Crippen molar-refractivity contribution in [3.05, 3.63) is 0 Å². The van der Waals surface area contributed by atoms with Crippen molar-refractivity contribution >= 4 is 17.7 Å². The topological polar surface area (TPSA) is 55.1 Å². The summed E-state index contributed by atoms with van der Waals surface area (Å²) in [6.07, 6.45) is 8.54. The Morgan fingerprint density at radius 1 is 1.33 bits per heavy atom. The van der Waals surface area contributed by atoms with Crippen molar-refractivity contribution in [2.24, 2.45) is 17.6 Å². The largest absolute Gasteiger partial charge is 0.354 e. The van der Waals surface area contributed by atoms with Crippen LogP contribution in [-0.4, -0.2) is 30.0 Å².